The first-order valence-corrected chi connectivity index (χ1v) is 5.75. The number of hydrogen-bond donors (Lipinski definition) is 0. The zero-order valence-electron chi connectivity index (χ0n) is 10.1. The Kier molecular flexibility index (Phi) is 5.19. The molecule has 100 valence electrons. The monoisotopic (exact) mass is 260 g/mol. The lowest BCUT2D eigenvalue weighted by molar-refractivity contribution is -0.143. The van der Waals surface area contributed by atoms with E-state index in [0.29, 0.717) is 18.6 Å². The number of alkyl halides is 3. The van der Waals surface area contributed by atoms with Gasteiger partial charge < -0.3 is 4.74 Å². The van der Waals surface area contributed by atoms with Crippen LogP contribution in [-0.2, 0) is 22.1 Å². The molecular weight excluding hydrogens is 245 g/mol. The van der Waals surface area contributed by atoms with Crippen LogP contribution < -0.4 is 0 Å². The molecule has 0 unspecified atom stereocenters. The summed E-state index contributed by atoms with van der Waals surface area (Å²) in [6.45, 7) is 2.27. The van der Waals surface area contributed by atoms with Gasteiger partial charge in [0.25, 0.3) is 0 Å². The Morgan fingerprint density at radius 3 is 2.33 bits per heavy atom. The Morgan fingerprint density at radius 2 is 1.83 bits per heavy atom. The highest BCUT2D eigenvalue weighted by molar-refractivity contribution is 5.69. The van der Waals surface area contributed by atoms with Crippen molar-refractivity contribution in [3.05, 3.63) is 35.4 Å². The molecule has 0 radical (unpaired) electrons. The molecule has 0 bridgehead atoms. The van der Waals surface area contributed by atoms with Crippen LogP contribution in [0.5, 0.6) is 0 Å². The molecule has 0 spiro atoms. The minimum atomic E-state index is -4.32. The van der Waals surface area contributed by atoms with Crippen molar-refractivity contribution in [3.8, 4) is 0 Å². The van der Waals surface area contributed by atoms with E-state index in [1.54, 1.807) is 0 Å². The Balaban J connectivity index is 2.47. The lowest BCUT2D eigenvalue weighted by atomic mass is 10.1. The van der Waals surface area contributed by atoms with Crippen LogP contribution in [0.2, 0.25) is 0 Å². The average molecular weight is 260 g/mol. The molecule has 0 aromatic heterocycles. The summed E-state index contributed by atoms with van der Waals surface area (Å²) < 4.78 is 41.8. The zero-order chi connectivity index (χ0) is 13.6. The maximum Gasteiger partial charge on any atom is 0.416 e. The minimum absolute atomic E-state index is 0.186. The molecule has 1 rings (SSSR count). The van der Waals surface area contributed by atoms with Gasteiger partial charge in [0.15, 0.2) is 0 Å². The van der Waals surface area contributed by atoms with Crippen molar-refractivity contribution >= 4 is 5.97 Å². The highest BCUT2D eigenvalue weighted by atomic mass is 19.4. The number of halogens is 3. The van der Waals surface area contributed by atoms with E-state index < -0.39 is 11.7 Å². The third-order valence-electron chi connectivity index (χ3n) is 2.37. The number of benzene rings is 1. The standard InChI is InChI=1S/C13H15F3O2/c1-2-9-18-12(17)8-5-10-3-6-11(7-4-10)13(14,15)16/h3-4,6-7H,2,5,8-9H2,1H3. The molecule has 0 N–H and O–H groups in total. The molecule has 0 saturated heterocycles. The van der Waals surface area contributed by atoms with Crippen LogP contribution in [-0.4, -0.2) is 12.6 Å². The van der Waals surface area contributed by atoms with Gasteiger partial charge in [-0.1, -0.05) is 19.1 Å². The fourth-order valence-electron chi connectivity index (χ4n) is 1.39. The fraction of sp³-hybridized carbons (Fsp3) is 0.462. The van der Waals surface area contributed by atoms with Crippen LogP contribution in [0.3, 0.4) is 0 Å². The number of hydrogen-bond acceptors (Lipinski definition) is 2. The number of carbonyl (C=O) groups is 1. The molecular formula is C13H15F3O2. The van der Waals surface area contributed by atoms with Gasteiger partial charge in [0.05, 0.1) is 12.2 Å². The number of carbonyl (C=O) groups excluding carboxylic acids is 1. The summed E-state index contributed by atoms with van der Waals surface area (Å²) in [5.41, 5.74) is 0.0104. The average Bonchev–Trinajstić information content (AvgIpc) is 2.33. The summed E-state index contributed by atoms with van der Waals surface area (Å²) in [6.07, 6.45) is -2.99. The molecule has 2 nitrogen and oxygen atoms in total. The van der Waals surface area contributed by atoms with Crippen molar-refractivity contribution in [1.82, 2.24) is 0 Å². The number of rotatable bonds is 5. The lowest BCUT2D eigenvalue weighted by Crippen LogP contribution is -2.07. The minimum Gasteiger partial charge on any atom is -0.466 e. The maximum absolute atomic E-state index is 12.3. The highest BCUT2D eigenvalue weighted by Gasteiger charge is 2.29. The molecule has 18 heavy (non-hydrogen) atoms. The SMILES string of the molecule is CCCOC(=O)CCc1ccc(C(F)(F)F)cc1. The second-order valence-corrected chi connectivity index (χ2v) is 3.92. The van der Waals surface area contributed by atoms with E-state index in [1.165, 1.54) is 12.1 Å². The van der Waals surface area contributed by atoms with Gasteiger partial charge in [-0.05, 0) is 30.5 Å². The number of aryl methyl sites for hydroxylation is 1. The van der Waals surface area contributed by atoms with Gasteiger partial charge in [-0.15, -0.1) is 0 Å². The molecule has 0 saturated carbocycles. The van der Waals surface area contributed by atoms with E-state index in [2.05, 4.69) is 0 Å². The molecule has 1 aromatic carbocycles. The molecule has 0 aliphatic rings. The summed E-state index contributed by atoms with van der Waals surface area (Å²) in [7, 11) is 0. The molecule has 0 fully saturated rings. The van der Waals surface area contributed by atoms with Crippen molar-refractivity contribution in [2.45, 2.75) is 32.4 Å². The molecule has 5 heteroatoms. The molecule has 1 aromatic rings. The quantitative estimate of drug-likeness (QED) is 0.756. The Morgan fingerprint density at radius 1 is 1.22 bits per heavy atom. The van der Waals surface area contributed by atoms with Crippen molar-refractivity contribution in [2.75, 3.05) is 6.61 Å². The Bertz CT molecular complexity index is 382. The van der Waals surface area contributed by atoms with Gasteiger partial charge in [-0.2, -0.15) is 13.2 Å². The molecule has 0 atom stereocenters. The number of ether oxygens (including phenoxy) is 1. The predicted molar refractivity (Wildman–Crippen MR) is 61.0 cm³/mol. The summed E-state index contributed by atoms with van der Waals surface area (Å²) in [4.78, 5) is 11.2. The first-order valence-electron chi connectivity index (χ1n) is 5.75. The zero-order valence-corrected chi connectivity index (χ0v) is 10.1. The van der Waals surface area contributed by atoms with Crippen LogP contribution >= 0.6 is 0 Å². The first kappa shape index (κ1) is 14.5. The smallest absolute Gasteiger partial charge is 0.416 e. The normalized spacial score (nSPS) is 11.3. The molecule has 0 amide bonds. The van der Waals surface area contributed by atoms with Crippen molar-refractivity contribution in [3.63, 3.8) is 0 Å². The van der Waals surface area contributed by atoms with Crippen molar-refractivity contribution < 1.29 is 22.7 Å². The van der Waals surface area contributed by atoms with E-state index in [1.807, 2.05) is 6.92 Å². The topological polar surface area (TPSA) is 26.3 Å². The van der Waals surface area contributed by atoms with Gasteiger partial charge in [0, 0.05) is 6.42 Å². The third kappa shape index (κ3) is 4.77. The van der Waals surface area contributed by atoms with E-state index in [4.69, 9.17) is 4.74 Å². The maximum atomic E-state index is 12.3. The largest absolute Gasteiger partial charge is 0.466 e. The van der Waals surface area contributed by atoms with Crippen molar-refractivity contribution in [2.24, 2.45) is 0 Å². The predicted octanol–water partition coefficient (Wildman–Crippen LogP) is 3.59. The Labute approximate surface area is 104 Å². The second-order valence-electron chi connectivity index (χ2n) is 3.92. The van der Waals surface area contributed by atoms with Crippen LogP contribution in [0.15, 0.2) is 24.3 Å². The van der Waals surface area contributed by atoms with E-state index in [-0.39, 0.29) is 12.4 Å². The first-order chi connectivity index (χ1) is 8.43. The van der Waals surface area contributed by atoms with Crippen LogP contribution in [0.1, 0.15) is 30.9 Å². The van der Waals surface area contributed by atoms with Crippen molar-refractivity contribution in [1.29, 1.82) is 0 Å². The van der Waals surface area contributed by atoms with Gasteiger partial charge in [0.2, 0.25) is 0 Å². The van der Waals surface area contributed by atoms with Gasteiger partial charge in [-0.3, -0.25) is 4.79 Å². The summed E-state index contributed by atoms with van der Waals surface area (Å²) in [5, 5.41) is 0. The second kappa shape index (κ2) is 6.42. The molecule has 0 aliphatic carbocycles. The van der Waals surface area contributed by atoms with E-state index >= 15 is 0 Å². The van der Waals surface area contributed by atoms with Crippen LogP contribution in [0, 0.1) is 0 Å². The lowest BCUT2D eigenvalue weighted by Gasteiger charge is -2.07. The van der Waals surface area contributed by atoms with E-state index in [0.717, 1.165) is 18.6 Å². The summed E-state index contributed by atoms with van der Waals surface area (Å²) in [5.74, 6) is -0.322. The van der Waals surface area contributed by atoms with Crippen LogP contribution in [0.4, 0.5) is 13.2 Å². The highest BCUT2D eigenvalue weighted by Crippen LogP contribution is 2.29. The molecule has 0 aliphatic heterocycles. The van der Waals surface area contributed by atoms with Gasteiger partial charge in [0.1, 0.15) is 0 Å². The summed E-state index contributed by atoms with van der Waals surface area (Å²) in [6, 6.07) is 4.81. The van der Waals surface area contributed by atoms with Crippen LogP contribution in [0.25, 0.3) is 0 Å². The summed E-state index contributed by atoms with van der Waals surface area (Å²) >= 11 is 0. The van der Waals surface area contributed by atoms with E-state index in [9.17, 15) is 18.0 Å². The Hall–Kier alpha value is -1.52. The molecule has 0 heterocycles. The van der Waals surface area contributed by atoms with Gasteiger partial charge >= 0.3 is 12.1 Å². The fourth-order valence-corrected chi connectivity index (χ4v) is 1.39. The van der Waals surface area contributed by atoms with Gasteiger partial charge in [-0.25, -0.2) is 0 Å². The number of esters is 1. The third-order valence-corrected chi connectivity index (χ3v) is 2.37.